The van der Waals surface area contributed by atoms with Crippen LogP contribution in [0.1, 0.15) is 18.5 Å². The van der Waals surface area contributed by atoms with Crippen molar-refractivity contribution in [2.75, 3.05) is 13.6 Å². The van der Waals surface area contributed by atoms with Crippen LogP contribution in [0.15, 0.2) is 12.3 Å². The lowest BCUT2D eigenvalue weighted by atomic mass is 10.2. The van der Waals surface area contributed by atoms with Gasteiger partial charge in [0.1, 0.15) is 0 Å². The van der Waals surface area contributed by atoms with Crippen molar-refractivity contribution >= 4 is 30.7 Å². The van der Waals surface area contributed by atoms with Crippen molar-refractivity contribution in [1.29, 1.82) is 0 Å². The molecule has 5 nitrogen and oxygen atoms in total. The molecule has 2 heterocycles. The lowest BCUT2D eigenvalue weighted by Crippen LogP contribution is -2.41. The molecule has 7 heteroatoms. The van der Waals surface area contributed by atoms with Crippen molar-refractivity contribution in [2.45, 2.75) is 25.4 Å². The van der Waals surface area contributed by atoms with Crippen LogP contribution in [-0.4, -0.2) is 40.6 Å². The molecule has 1 aromatic rings. The average Bonchev–Trinajstić information content (AvgIpc) is 2.88. The number of hydrogen-bond donors (Lipinski definition) is 2. The summed E-state index contributed by atoms with van der Waals surface area (Å²) in [5, 5.41) is 9.90. The summed E-state index contributed by atoms with van der Waals surface area (Å²) in [6.45, 7) is 1.55. The van der Waals surface area contributed by atoms with Crippen molar-refractivity contribution in [2.24, 2.45) is 0 Å². The third-order valence-corrected chi connectivity index (χ3v) is 2.70. The maximum Gasteiger partial charge on any atom is 0.239 e. The molecule has 0 bridgehead atoms. The van der Waals surface area contributed by atoms with Crippen LogP contribution in [0.3, 0.4) is 0 Å². The maximum absolute atomic E-state index is 11.9. The zero-order valence-corrected chi connectivity index (χ0v) is 11.3. The van der Waals surface area contributed by atoms with E-state index in [1.807, 2.05) is 13.1 Å². The van der Waals surface area contributed by atoms with Gasteiger partial charge in [0.15, 0.2) is 0 Å². The number of carbonyl (C=O) groups excluding carboxylic acids is 1. The van der Waals surface area contributed by atoms with E-state index in [2.05, 4.69) is 15.5 Å². The molecule has 1 aliphatic rings. The number of nitrogens with zero attached hydrogens (tertiary/aromatic N) is 2. The molecule has 0 aliphatic carbocycles. The number of carbonyl (C=O) groups is 1. The van der Waals surface area contributed by atoms with Gasteiger partial charge in [0.05, 0.1) is 18.3 Å². The first-order chi connectivity index (χ1) is 7.27. The van der Waals surface area contributed by atoms with E-state index in [0.717, 1.165) is 25.1 Å². The molecule has 1 amide bonds. The molecule has 1 fully saturated rings. The summed E-state index contributed by atoms with van der Waals surface area (Å²) < 4.78 is 0. The summed E-state index contributed by atoms with van der Waals surface area (Å²) in [6, 6.07) is 1.89. The van der Waals surface area contributed by atoms with Crippen LogP contribution < -0.4 is 5.32 Å². The van der Waals surface area contributed by atoms with E-state index >= 15 is 0 Å². The van der Waals surface area contributed by atoms with E-state index in [-0.39, 0.29) is 36.8 Å². The minimum absolute atomic E-state index is 0. The number of aromatic nitrogens is 2. The highest BCUT2D eigenvalue weighted by molar-refractivity contribution is 5.85. The number of hydrogen-bond acceptors (Lipinski definition) is 3. The number of likely N-dealkylation sites (N-methyl/N-ethyl adjacent to an activating group) is 1. The monoisotopic (exact) mass is 280 g/mol. The summed E-state index contributed by atoms with van der Waals surface area (Å²) in [7, 11) is 1.82. The quantitative estimate of drug-likeness (QED) is 0.867. The fourth-order valence-corrected chi connectivity index (χ4v) is 1.87. The second-order valence-corrected chi connectivity index (χ2v) is 3.93. The Labute approximate surface area is 113 Å². The summed E-state index contributed by atoms with van der Waals surface area (Å²) in [5.74, 6) is 0.169. The molecule has 2 N–H and O–H groups in total. The van der Waals surface area contributed by atoms with Gasteiger partial charge in [0.25, 0.3) is 0 Å². The van der Waals surface area contributed by atoms with E-state index < -0.39 is 0 Å². The van der Waals surface area contributed by atoms with Gasteiger partial charge in [-0.25, -0.2) is 0 Å². The molecular weight excluding hydrogens is 263 g/mol. The number of aromatic amines is 1. The predicted octanol–water partition coefficient (Wildman–Crippen LogP) is 0.964. The highest BCUT2D eigenvalue weighted by atomic mass is 35.5. The lowest BCUT2D eigenvalue weighted by Gasteiger charge is -2.20. The molecule has 0 saturated carbocycles. The second-order valence-electron chi connectivity index (χ2n) is 3.93. The molecule has 1 atom stereocenters. The van der Waals surface area contributed by atoms with E-state index in [9.17, 15) is 4.79 Å². The average molecular weight is 281 g/mol. The lowest BCUT2D eigenvalue weighted by molar-refractivity contribution is -0.132. The Morgan fingerprint density at radius 2 is 2.35 bits per heavy atom. The molecule has 0 spiro atoms. The Morgan fingerprint density at radius 3 is 2.88 bits per heavy atom. The van der Waals surface area contributed by atoms with Gasteiger partial charge in [-0.2, -0.15) is 5.10 Å². The summed E-state index contributed by atoms with van der Waals surface area (Å²) in [6.07, 6.45) is 3.74. The van der Waals surface area contributed by atoms with Gasteiger partial charge in [-0.3, -0.25) is 9.89 Å². The molecule has 17 heavy (non-hydrogen) atoms. The highest BCUT2D eigenvalue weighted by Gasteiger charge is 2.24. The molecule has 1 aliphatic heterocycles. The van der Waals surface area contributed by atoms with Crippen molar-refractivity contribution in [3.05, 3.63) is 18.0 Å². The Kier molecular flexibility index (Phi) is 7.18. The summed E-state index contributed by atoms with van der Waals surface area (Å²) in [5.41, 5.74) is 0.962. The third-order valence-electron chi connectivity index (χ3n) is 2.70. The van der Waals surface area contributed by atoms with Crippen molar-refractivity contribution in [3.8, 4) is 0 Å². The van der Waals surface area contributed by atoms with E-state index in [0.29, 0.717) is 6.54 Å². The summed E-state index contributed by atoms with van der Waals surface area (Å²) >= 11 is 0. The Bertz CT molecular complexity index is 325. The molecule has 1 saturated heterocycles. The van der Waals surface area contributed by atoms with Crippen LogP contribution >= 0.6 is 24.8 Å². The number of H-pyrrole nitrogens is 1. The number of halogens is 2. The number of nitrogens with one attached hydrogen (secondary N) is 2. The minimum Gasteiger partial charge on any atom is -0.339 e. The van der Waals surface area contributed by atoms with Gasteiger partial charge in [-0.1, -0.05) is 0 Å². The van der Waals surface area contributed by atoms with Gasteiger partial charge in [0.2, 0.25) is 5.91 Å². The zero-order valence-electron chi connectivity index (χ0n) is 9.68. The SMILES string of the molecule is CN(Cc1ccn[nH]1)C(=O)C1CCCN1.Cl.Cl. The molecule has 2 rings (SSSR count). The van der Waals surface area contributed by atoms with Gasteiger partial charge in [-0.15, -0.1) is 24.8 Å². The van der Waals surface area contributed by atoms with Crippen LogP contribution in [0.25, 0.3) is 0 Å². The van der Waals surface area contributed by atoms with E-state index in [4.69, 9.17) is 0 Å². The summed E-state index contributed by atoms with van der Waals surface area (Å²) in [4.78, 5) is 13.6. The number of rotatable bonds is 3. The Balaban J connectivity index is 0.00000128. The van der Waals surface area contributed by atoms with E-state index in [1.54, 1.807) is 11.1 Å². The Hall–Kier alpha value is -0.780. The third kappa shape index (κ3) is 4.18. The van der Waals surface area contributed by atoms with Crippen LogP contribution in [0.2, 0.25) is 0 Å². The predicted molar refractivity (Wildman–Crippen MR) is 70.6 cm³/mol. The normalized spacial score (nSPS) is 18.1. The zero-order chi connectivity index (χ0) is 10.7. The molecule has 1 unspecified atom stereocenters. The van der Waals surface area contributed by atoms with E-state index in [1.165, 1.54) is 0 Å². The number of amides is 1. The Morgan fingerprint density at radius 1 is 1.59 bits per heavy atom. The molecule has 1 aromatic heterocycles. The van der Waals surface area contributed by atoms with Gasteiger partial charge >= 0.3 is 0 Å². The standard InChI is InChI=1S/C10H16N4O.2ClH/c1-14(7-8-4-6-12-13-8)10(15)9-3-2-5-11-9;;/h4,6,9,11H,2-3,5,7H2,1H3,(H,12,13);2*1H. The molecule has 98 valence electrons. The molecule has 0 aromatic carbocycles. The van der Waals surface area contributed by atoms with Crippen LogP contribution in [0, 0.1) is 0 Å². The molecule has 0 radical (unpaired) electrons. The molecular formula is C10H18Cl2N4O. The van der Waals surface area contributed by atoms with Crippen LogP contribution in [0.5, 0.6) is 0 Å². The van der Waals surface area contributed by atoms with Crippen molar-refractivity contribution < 1.29 is 4.79 Å². The van der Waals surface area contributed by atoms with Gasteiger partial charge < -0.3 is 10.2 Å². The smallest absolute Gasteiger partial charge is 0.239 e. The fraction of sp³-hybridized carbons (Fsp3) is 0.600. The first kappa shape index (κ1) is 16.2. The first-order valence-corrected chi connectivity index (χ1v) is 5.24. The van der Waals surface area contributed by atoms with Gasteiger partial charge in [0, 0.05) is 13.2 Å². The maximum atomic E-state index is 11.9. The van der Waals surface area contributed by atoms with Crippen LogP contribution in [-0.2, 0) is 11.3 Å². The minimum atomic E-state index is 0. The topological polar surface area (TPSA) is 61.0 Å². The van der Waals surface area contributed by atoms with Gasteiger partial charge in [-0.05, 0) is 25.5 Å². The van der Waals surface area contributed by atoms with Crippen LogP contribution in [0.4, 0.5) is 0 Å². The largest absolute Gasteiger partial charge is 0.339 e. The second kappa shape index (κ2) is 7.53. The van der Waals surface area contributed by atoms with Crippen molar-refractivity contribution in [1.82, 2.24) is 20.4 Å². The van der Waals surface area contributed by atoms with Crippen molar-refractivity contribution in [3.63, 3.8) is 0 Å². The first-order valence-electron chi connectivity index (χ1n) is 5.24. The fourth-order valence-electron chi connectivity index (χ4n) is 1.87. The highest BCUT2D eigenvalue weighted by Crippen LogP contribution is 2.09.